The maximum Gasteiger partial charge on any atom is 0.417 e. The van der Waals surface area contributed by atoms with Crippen molar-refractivity contribution in [3.05, 3.63) is 51.2 Å². The average molecular weight is 317 g/mol. The zero-order chi connectivity index (χ0) is 14.8. The summed E-state index contributed by atoms with van der Waals surface area (Å²) >= 11 is 6.89. The summed E-state index contributed by atoms with van der Waals surface area (Å²) in [7, 11) is 0. The standard InChI is InChI=1S/C13H8ClF3N2S/c14-10-4-3-8(6-9(10)13(15,16)17)19-11(7-18)12-2-1-5-20-12/h1-6,11,19H. The first-order chi connectivity index (χ1) is 9.41. The summed E-state index contributed by atoms with van der Waals surface area (Å²) in [6.45, 7) is 0. The lowest BCUT2D eigenvalue weighted by Gasteiger charge is -2.14. The monoisotopic (exact) mass is 316 g/mol. The van der Waals surface area contributed by atoms with E-state index in [0.717, 1.165) is 17.0 Å². The molecule has 2 nitrogen and oxygen atoms in total. The summed E-state index contributed by atoms with van der Waals surface area (Å²) < 4.78 is 38.2. The van der Waals surface area contributed by atoms with Crippen molar-refractivity contribution in [3.8, 4) is 6.07 Å². The van der Waals surface area contributed by atoms with Gasteiger partial charge in [-0.05, 0) is 29.6 Å². The molecule has 2 rings (SSSR count). The molecule has 7 heteroatoms. The number of alkyl halides is 3. The zero-order valence-electron chi connectivity index (χ0n) is 9.91. The van der Waals surface area contributed by atoms with Crippen molar-refractivity contribution in [2.75, 3.05) is 5.32 Å². The second-order valence-electron chi connectivity index (χ2n) is 3.91. The van der Waals surface area contributed by atoms with E-state index < -0.39 is 17.8 Å². The Balaban J connectivity index is 2.28. The first-order valence-corrected chi connectivity index (χ1v) is 6.74. The minimum atomic E-state index is -4.53. The molecule has 0 saturated heterocycles. The van der Waals surface area contributed by atoms with E-state index in [1.165, 1.54) is 17.4 Å². The third-order valence-electron chi connectivity index (χ3n) is 2.54. The van der Waals surface area contributed by atoms with E-state index in [-0.39, 0.29) is 10.7 Å². The number of nitrogens with one attached hydrogen (secondary N) is 1. The lowest BCUT2D eigenvalue weighted by molar-refractivity contribution is -0.137. The fourth-order valence-corrected chi connectivity index (χ4v) is 2.57. The van der Waals surface area contributed by atoms with Gasteiger partial charge in [-0.3, -0.25) is 0 Å². The van der Waals surface area contributed by atoms with Gasteiger partial charge in [-0.1, -0.05) is 17.7 Å². The number of nitrogens with zero attached hydrogens (tertiary/aromatic N) is 1. The lowest BCUT2D eigenvalue weighted by Crippen LogP contribution is -2.10. The van der Waals surface area contributed by atoms with Gasteiger partial charge in [-0.2, -0.15) is 18.4 Å². The van der Waals surface area contributed by atoms with Crippen molar-refractivity contribution in [2.24, 2.45) is 0 Å². The SMILES string of the molecule is N#CC(Nc1ccc(Cl)c(C(F)(F)F)c1)c1cccs1. The van der Waals surface area contributed by atoms with E-state index in [4.69, 9.17) is 16.9 Å². The Morgan fingerprint density at radius 1 is 1.30 bits per heavy atom. The second-order valence-corrected chi connectivity index (χ2v) is 5.30. The van der Waals surface area contributed by atoms with Crippen LogP contribution in [0.2, 0.25) is 5.02 Å². The van der Waals surface area contributed by atoms with Gasteiger partial charge in [0.1, 0.15) is 6.04 Å². The van der Waals surface area contributed by atoms with Crippen molar-refractivity contribution in [2.45, 2.75) is 12.2 Å². The average Bonchev–Trinajstić information content (AvgIpc) is 2.90. The van der Waals surface area contributed by atoms with Crippen molar-refractivity contribution in [1.29, 1.82) is 5.26 Å². The molecule has 0 aliphatic carbocycles. The van der Waals surface area contributed by atoms with Crippen LogP contribution in [-0.2, 0) is 6.18 Å². The molecule has 1 unspecified atom stereocenters. The highest BCUT2D eigenvalue weighted by Crippen LogP contribution is 2.36. The van der Waals surface area contributed by atoms with E-state index in [0.29, 0.717) is 0 Å². The van der Waals surface area contributed by atoms with Gasteiger partial charge < -0.3 is 5.32 Å². The molecule has 1 aromatic carbocycles. The van der Waals surface area contributed by atoms with Gasteiger partial charge in [-0.15, -0.1) is 11.3 Å². The molecule has 1 N–H and O–H groups in total. The Kier molecular flexibility index (Phi) is 4.21. The van der Waals surface area contributed by atoms with Gasteiger partial charge in [0.25, 0.3) is 0 Å². The van der Waals surface area contributed by atoms with Crippen LogP contribution in [0.25, 0.3) is 0 Å². The van der Waals surface area contributed by atoms with Gasteiger partial charge in [0.05, 0.1) is 16.7 Å². The molecule has 20 heavy (non-hydrogen) atoms. The molecule has 1 aromatic heterocycles. The number of thiophene rings is 1. The maximum atomic E-state index is 12.7. The number of hydrogen-bond acceptors (Lipinski definition) is 3. The highest BCUT2D eigenvalue weighted by atomic mass is 35.5. The Bertz CT molecular complexity index is 632. The van der Waals surface area contributed by atoms with Crippen molar-refractivity contribution in [1.82, 2.24) is 0 Å². The molecule has 0 spiro atoms. The largest absolute Gasteiger partial charge is 0.417 e. The van der Waals surface area contributed by atoms with Crippen LogP contribution in [0.15, 0.2) is 35.7 Å². The molecule has 2 aromatic rings. The van der Waals surface area contributed by atoms with Crippen LogP contribution in [0.4, 0.5) is 18.9 Å². The number of halogens is 4. The van der Waals surface area contributed by atoms with Crippen LogP contribution in [-0.4, -0.2) is 0 Å². The van der Waals surface area contributed by atoms with E-state index in [1.54, 1.807) is 17.5 Å². The Morgan fingerprint density at radius 3 is 2.60 bits per heavy atom. The summed E-state index contributed by atoms with van der Waals surface area (Å²) in [5, 5.41) is 13.3. The fraction of sp³-hybridized carbons (Fsp3) is 0.154. The van der Waals surface area contributed by atoms with Crippen molar-refractivity contribution < 1.29 is 13.2 Å². The molecule has 0 amide bonds. The number of nitriles is 1. The second kappa shape index (κ2) is 5.73. The highest BCUT2D eigenvalue weighted by molar-refractivity contribution is 7.10. The highest BCUT2D eigenvalue weighted by Gasteiger charge is 2.33. The minimum Gasteiger partial charge on any atom is -0.366 e. The molecule has 0 fully saturated rings. The van der Waals surface area contributed by atoms with E-state index in [2.05, 4.69) is 5.32 Å². The van der Waals surface area contributed by atoms with Crippen LogP contribution in [0.3, 0.4) is 0 Å². The van der Waals surface area contributed by atoms with E-state index >= 15 is 0 Å². The third-order valence-corrected chi connectivity index (χ3v) is 3.81. The molecule has 0 aliphatic rings. The number of hydrogen-bond donors (Lipinski definition) is 1. The summed E-state index contributed by atoms with van der Waals surface area (Å²) in [5.41, 5.74) is -0.728. The first kappa shape index (κ1) is 14.7. The Hall–Kier alpha value is -1.71. The molecular formula is C13H8ClF3N2S. The number of rotatable bonds is 3. The zero-order valence-corrected chi connectivity index (χ0v) is 11.5. The molecule has 0 radical (unpaired) electrons. The Labute approximate surface area is 122 Å². The summed E-state index contributed by atoms with van der Waals surface area (Å²) in [4.78, 5) is 0.732. The van der Waals surface area contributed by atoms with E-state index in [9.17, 15) is 13.2 Å². The van der Waals surface area contributed by atoms with Crippen molar-refractivity contribution >= 4 is 28.6 Å². The van der Waals surface area contributed by atoms with Gasteiger partial charge in [0, 0.05) is 10.6 Å². The predicted octanol–water partition coefficient (Wildman–Crippen LogP) is 5.10. The van der Waals surface area contributed by atoms with E-state index in [1.807, 2.05) is 6.07 Å². The fourth-order valence-electron chi connectivity index (χ4n) is 1.62. The normalized spacial score (nSPS) is 12.8. The molecule has 1 heterocycles. The topological polar surface area (TPSA) is 35.8 Å². The minimum absolute atomic E-state index is 0.196. The quantitative estimate of drug-likeness (QED) is 0.855. The number of anilines is 1. The van der Waals surface area contributed by atoms with Gasteiger partial charge >= 0.3 is 6.18 Å². The smallest absolute Gasteiger partial charge is 0.366 e. The summed E-state index contributed by atoms with van der Waals surface area (Å²) in [6.07, 6.45) is -4.53. The van der Waals surface area contributed by atoms with Gasteiger partial charge in [0.2, 0.25) is 0 Å². The lowest BCUT2D eigenvalue weighted by atomic mass is 10.1. The molecular weight excluding hydrogens is 309 g/mol. The van der Waals surface area contributed by atoms with Crippen LogP contribution in [0, 0.1) is 11.3 Å². The van der Waals surface area contributed by atoms with Gasteiger partial charge in [0.15, 0.2) is 0 Å². The predicted molar refractivity (Wildman–Crippen MR) is 72.7 cm³/mol. The molecule has 104 valence electrons. The molecule has 0 aliphatic heterocycles. The number of benzene rings is 1. The molecule has 1 atom stereocenters. The molecule has 0 saturated carbocycles. The van der Waals surface area contributed by atoms with Crippen LogP contribution < -0.4 is 5.32 Å². The summed E-state index contributed by atoms with van der Waals surface area (Å²) in [6, 6.07) is 8.31. The van der Waals surface area contributed by atoms with Crippen LogP contribution >= 0.6 is 22.9 Å². The first-order valence-electron chi connectivity index (χ1n) is 5.48. The third kappa shape index (κ3) is 3.24. The maximum absolute atomic E-state index is 12.7. The van der Waals surface area contributed by atoms with Crippen LogP contribution in [0.5, 0.6) is 0 Å². The van der Waals surface area contributed by atoms with Crippen LogP contribution in [0.1, 0.15) is 16.5 Å². The van der Waals surface area contributed by atoms with Gasteiger partial charge in [-0.25, -0.2) is 0 Å². The summed E-state index contributed by atoms with van der Waals surface area (Å²) in [5.74, 6) is 0. The Morgan fingerprint density at radius 2 is 2.05 bits per heavy atom. The van der Waals surface area contributed by atoms with Crippen molar-refractivity contribution in [3.63, 3.8) is 0 Å². The molecule has 0 bridgehead atoms.